The Bertz CT molecular complexity index is 1400. The number of aldehydes is 1. The molecular weight excluding hydrogens is 746 g/mol. The number of hydrogen-bond donors (Lipinski definition) is 2. The molecule has 0 aromatic heterocycles. The molecule has 3 aliphatic heterocycles. The second-order valence-corrected chi connectivity index (χ2v) is 15.8. The van der Waals surface area contributed by atoms with Crippen molar-refractivity contribution in [2.24, 2.45) is 11.8 Å². The Kier molecular flexibility index (Phi) is 18.9. The number of ether oxygens (including phenoxy) is 8. The number of aliphatic hydroxyl groups is 2. The van der Waals surface area contributed by atoms with Crippen molar-refractivity contribution in [1.82, 2.24) is 4.90 Å². The zero-order chi connectivity index (χ0) is 42.6. The molecule has 3 aliphatic rings. The smallest absolute Gasteiger partial charge is 0.309 e. The summed E-state index contributed by atoms with van der Waals surface area (Å²) in [4.78, 5) is 65.5. The number of rotatable bonds is 12. The normalized spacial score (nSPS) is 39.8. The molecule has 2 saturated heterocycles. The van der Waals surface area contributed by atoms with Gasteiger partial charge in [-0.3, -0.25) is 19.2 Å². The first-order valence-corrected chi connectivity index (χ1v) is 20.0. The summed E-state index contributed by atoms with van der Waals surface area (Å²) in [5.74, 6) is -3.31. The van der Waals surface area contributed by atoms with E-state index in [4.69, 9.17) is 37.9 Å². The first-order valence-electron chi connectivity index (χ1n) is 20.0. The monoisotopic (exact) mass is 811 g/mol. The number of carbonyl (C=O) groups is 5. The van der Waals surface area contributed by atoms with E-state index in [-0.39, 0.29) is 37.9 Å². The molecule has 57 heavy (non-hydrogen) atoms. The summed E-state index contributed by atoms with van der Waals surface area (Å²) in [5.41, 5.74) is -1.50. The van der Waals surface area contributed by atoms with Gasteiger partial charge in [-0.15, -0.1) is 0 Å². The van der Waals surface area contributed by atoms with Gasteiger partial charge >= 0.3 is 17.9 Å². The van der Waals surface area contributed by atoms with Crippen LogP contribution in [0.25, 0.3) is 0 Å². The predicted molar refractivity (Wildman–Crippen MR) is 204 cm³/mol. The number of ketones is 1. The van der Waals surface area contributed by atoms with Crippen LogP contribution in [0.3, 0.4) is 0 Å². The summed E-state index contributed by atoms with van der Waals surface area (Å²) in [6, 6.07) is -0.793. The summed E-state index contributed by atoms with van der Waals surface area (Å²) in [6.45, 7) is 11.6. The lowest BCUT2D eigenvalue weighted by atomic mass is 9.83. The van der Waals surface area contributed by atoms with E-state index in [2.05, 4.69) is 0 Å². The number of aliphatic hydroxyl groups excluding tert-OH is 1. The molecule has 0 aliphatic carbocycles. The number of allylic oxidation sites excluding steroid dienone is 3. The van der Waals surface area contributed by atoms with Gasteiger partial charge in [0.2, 0.25) is 0 Å². The Morgan fingerprint density at radius 3 is 2.23 bits per heavy atom. The number of likely N-dealkylation sites (N-methyl/N-ethyl adjacent to an activating group) is 1. The van der Waals surface area contributed by atoms with Gasteiger partial charge in [0.05, 0.1) is 30.8 Å². The lowest BCUT2D eigenvalue weighted by molar-refractivity contribution is -0.344. The topological polar surface area (TPSA) is 203 Å². The second-order valence-electron chi connectivity index (χ2n) is 15.8. The standard InChI is InChI=1S/C41H65NO15/c1-11-30(45)54-29-21-32(47)51-24(4)16-14-13-15-17-28(44)23(3)20-27(18-19-43)37(38(29)50-10)57-40-35(48)34(42(8)9)36(25(5)53-40)56-33-22-41(7,49)39(26(6)52-33)55-31(46)12-2/h13-15,17,19,23-27,29,33-40,48-49H,11-12,16,18,20-22H2,1-10H3/b14-13+,17-15+/t23-,24-,25-,26-,27-,29+,33+,34-,35-,36-,37-,38-,39+,40+,41+/m0/s1. The molecule has 2 N–H and O–H groups in total. The van der Waals surface area contributed by atoms with Crippen molar-refractivity contribution < 1.29 is 72.1 Å². The number of esters is 3. The van der Waals surface area contributed by atoms with E-state index in [1.54, 1.807) is 85.7 Å². The SMILES string of the molecule is CCC(=O)O[C@@H]1[C@H](C)O[C@H](O[C@@H]2[C@@H](N(C)C)[C@H](O)[C@@H](O[C@H]3[C@@H](CC=O)C[C@H](C)C(=O)/C=C/C=C/C[C@H](C)OC(=O)C[C@@H](OC(=O)CC)[C@@H]3OC)O[C@H]2C)C[C@@]1(C)O. The van der Waals surface area contributed by atoms with Gasteiger partial charge in [-0.1, -0.05) is 39.0 Å². The van der Waals surface area contributed by atoms with Gasteiger partial charge in [0.25, 0.3) is 0 Å². The fourth-order valence-electron chi connectivity index (χ4n) is 7.72. The minimum Gasteiger partial charge on any atom is -0.462 e. The Hall–Kier alpha value is -3.09. The van der Waals surface area contributed by atoms with Gasteiger partial charge in [0, 0.05) is 45.1 Å². The van der Waals surface area contributed by atoms with E-state index in [9.17, 15) is 34.2 Å². The second kappa shape index (κ2) is 22.3. The van der Waals surface area contributed by atoms with Crippen LogP contribution in [0.4, 0.5) is 0 Å². The molecule has 16 heteroatoms. The highest BCUT2D eigenvalue weighted by molar-refractivity contribution is 5.91. The molecular formula is C41H65NO15. The van der Waals surface area contributed by atoms with Crippen molar-refractivity contribution in [3.8, 4) is 0 Å². The summed E-state index contributed by atoms with van der Waals surface area (Å²) < 4.78 is 48.4. The molecule has 3 heterocycles. The van der Waals surface area contributed by atoms with Crippen LogP contribution in [0.2, 0.25) is 0 Å². The molecule has 0 unspecified atom stereocenters. The summed E-state index contributed by atoms with van der Waals surface area (Å²) in [7, 11) is 4.83. The van der Waals surface area contributed by atoms with Gasteiger partial charge in [-0.05, 0) is 60.2 Å². The maximum absolute atomic E-state index is 13.3. The molecule has 0 spiro atoms. The van der Waals surface area contributed by atoms with Crippen LogP contribution >= 0.6 is 0 Å². The van der Waals surface area contributed by atoms with Crippen molar-refractivity contribution in [3.05, 3.63) is 24.3 Å². The zero-order valence-electron chi connectivity index (χ0n) is 35.1. The first-order chi connectivity index (χ1) is 26.9. The molecule has 0 aromatic rings. The van der Waals surface area contributed by atoms with Crippen LogP contribution in [0.5, 0.6) is 0 Å². The van der Waals surface area contributed by atoms with E-state index >= 15 is 0 Å². The minimum absolute atomic E-state index is 0.0122. The maximum Gasteiger partial charge on any atom is 0.309 e. The fraction of sp³-hybridized carbons (Fsp3) is 0.780. The van der Waals surface area contributed by atoms with Crippen LogP contribution < -0.4 is 0 Å². The fourth-order valence-corrected chi connectivity index (χ4v) is 7.72. The highest BCUT2D eigenvalue weighted by Crippen LogP contribution is 2.37. The molecule has 0 bridgehead atoms. The Labute approximate surface area is 336 Å². The van der Waals surface area contributed by atoms with Crippen LogP contribution in [-0.4, -0.2) is 145 Å². The number of carbonyl (C=O) groups excluding carboxylic acids is 5. The molecule has 0 aromatic carbocycles. The number of hydrogen-bond acceptors (Lipinski definition) is 16. The van der Waals surface area contributed by atoms with Gasteiger partial charge in [0.15, 0.2) is 24.5 Å². The molecule has 2 fully saturated rings. The Morgan fingerprint density at radius 1 is 0.965 bits per heavy atom. The van der Waals surface area contributed by atoms with Crippen LogP contribution in [0.1, 0.15) is 93.4 Å². The van der Waals surface area contributed by atoms with E-state index in [1.807, 2.05) is 0 Å². The lowest BCUT2D eigenvalue weighted by Crippen LogP contribution is -2.66. The van der Waals surface area contributed by atoms with E-state index < -0.39 is 115 Å². The van der Waals surface area contributed by atoms with E-state index in [0.29, 0.717) is 12.7 Å². The molecule has 0 radical (unpaired) electrons. The summed E-state index contributed by atoms with van der Waals surface area (Å²) >= 11 is 0. The van der Waals surface area contributed by atoms with E-state index in [1.165, 1.54) is 13.2 Å². The Balaban J connectivity index is 2.02. The molecule has 0 saturated carbocycles. The minimum atomic E-state index is -1.50. The highest BCUT2D eigenvalue weighted by Gasteiger charge is 2.53. The van der Waals surface area contributed by atoms with Gasteiger partial charge in [0.1, 0.15) is 42.4 Å². The predicted octanol–water partition coefficient (Wildman–Crippen LogP) is 2.98. The quantitative estimate of drug-likeness (QED) is 0.165. The van der Waals surface area contributed by atoms with Crippen LogP contribution in [0, 0.1) is 11.8 Å². The van der Waals surface area contributed by atoms with E-state index in [0.717, 1.165) is 0 Å². The van der Waals surface area contributed by atoms with Crippen molar-refractivity contribution in [1.29, 1.82) is 0 Å². The Morgan fingerprint density at radius 2 is 1.63 bits per heavy atom. The van der Waals surface area contributed by atoms with Gasteiger partial charge < -0.3 is 57.8 Å². The molecule has 16 nitrogen and oxygen atoms in total. The summed E-state index contributed by atoms with van der Waals surface area (Å²) in [6.07, 6.45) is -4.01. The highest BCUT2D eigenvalue weighted by atomic mass is 16.7. The molecule has 15 atom stereocenters. The number of cyclic esters (lactones) is 1. The average Bonchev–Trinajstić information content (AvgIpc) is 3.13. The first kappa shape index (κ1) is 48.3. The van der Waals surface area contributed by atoms with Crippen LogP contribution in [0.15, 0.2) is 24.3 Å². The molecule has 324 valence electrons. The van der Waals surface area contributed by atoms with Gasteiger partial charge in [-0.2, -0.15) is 0 Å². The number of nitrogens with zero attached hydrogens (tertiary/aromatic N) is 1. The van der Waals surface area contributed by atoms with Crippen LogP contribution in [-0.2, 0) is 61.9 Å². The largest absolute Gasteiger partial charge is 0.462 e. The number of methoxy groups -OCH3 is 1. The van der Waals surface area contributed by atoms with Gasteiger partial charge in [-0.25, -0.2) is 0 Å². The molecule has 3 rings (SSSR count). The third-order valence-corrected chi connectivity index (χ3v) is 10.7. The van der Waals surface area contributed by atoms with Crippen molar-refractivity contribution >= 4 is 30.0 Å². The third kappa shape index (κ3) is 13.5. The zero-order valence-corrected chi connectivity index (χ0v) is 35.1. The third-order valence-electron chi connectivity index (χ3n) is 10.7. The van der Waals surface area contributed by atoms with Crippen molar-refractivity contribution in [2.75, 3.05) is 21.2 Å². The van der Waals surface area contributed by atoms with Crippen molar-refractivity contribution in [2.45, 2.75) is 173 Å². The summed E-state index contributed by atoms with van der Waals surface area (Å²) in [5, 5.41) is 23.4. The molecule has 0 amide bonds. The maximum atomic E-state index is 13.3. The average molecular weight is 812 g/mol. The van der Waals surface area contributed by atoms with Crippen molar-refractivity contribution in [3.63, 3.8) is 0 Å². The lowest BCUT2D eigenvalue weighted by Gasteiger charge is -2.50.